The van der Waals surface area contributed by atoms with Crippen LogP contribution in [0.5, 0.6) is 0 Å². The lowest BCUT2D eigenvalue weighted by Crippen LogP contribution is -2.45. The number of hydrogen-bond acceptors (Lipinski definition) is 3. The molecule has 0 aliphatic rings. The quantitative estimate of drug-likeness (QED) is 0.761. The van der Waals surface area contributed by atoms with E-state index in [4.69, 9.17) is 4.74 Å². The highest BCUT2D eigenvalue weighted by Gasteiger charge is 2.19. The zero-order chi connectivity index (χ0) is 13.4. The summed E-state index contributed by atoms with van der Waals surface area (Å²) in [6, 6.07) is -0.588. The molecule has 0 aliphatic carbocycles. The van der Waals surface area contributed by atoms with Crippen LogP contribution in [0.25, 0.3) is 0 Å². The number of carbonyl (C=O) groups is 2. The number of nitrogens with one attached hydrogen (secondary N) is 2. The van der Waals surface area contributed by atoms with E-state index < -0.39 is 17.7 Å². The first-order valence-corrected chi connectivity index (χ1v) is 5.47. The molecule has 0 heterocycles. The van der Waals surface area contributed by atoms with E-state index in [1.807, 2.05) is 13.8 Å². The smallest absolute Gasteiger partial charge is 0.408 e. The summed E-state index contributed by atoms with van der Waals surface area (Å²) in [5.41, 5.74) is -0.549. The fourth-order valence-corrected chi connectivity index (χ4v) is 0.766. The van der Waals surface area contributed by atoms with Gasteiger partial charge in [0.15, 0.2) is 0 Å². The maximum absolute atomic E-state index is 11.2. The zero-order valence-corrected chi connectivity index (χ0v) is 11.3. The first-order valence-electron chi connectivity index (χ1n) is 5.47. The summed E-state index contributed by atoms with van der Waals surface area (Å²) in [6.45, 7) is 10.9. The van der Waals surface area contributed by atoms with Gasteiger partial charge in [-0.3, -0.25) is 4.79 Å². The van der Waals surface area contributed by atoms with Gasteiger partial charge in [-0.1, -0.05) is 13.8 Å². The average molecular weight is 232 g/mol. The van der Waals surface area contributed by atoms with E-state index in [0.29, 0.717) is 0 Å². The molecular formula is C11H24N2O3. The van der Waals surface area contributed by atoms with Gasteiger partial charge in [0.05, 0.1) is 0 Å². The number of ether oxygens (including phenoxy) is 1. The molecule has 0 saturated heterocycles. The van der Waals surface area contributed by atoms with Gasteiger partial charge in [0.25, 0.3) is 0 Å². The second-order valence-electron chi connectivity index (χ2n) is 3.98. The van der Waals surface area contributed by atoms with Crippen LogP contribution in [0.4, 0.5) is 4.79 Å². The molecule has 1 unspecified atom stereocenters. The largest absolute Gasteiger partial charge is 0.444 e. The fraction of sp³-hybridized carbons (Fsp3) is 0.818. The van der Waals surface area contributed by atoms with Crippen LogP contribution in [-0.4, -0.2) is 30.7 Å². The lowest BCUT2D eigenvalue weighted by molar-refractivity contribution is -0.122. The Labute approximate surface area is 97.9 Å². The minimum atomic E-state index is -0.589. The Morgan fingerprint density at radius 1 is 1.19 bits per heavy atom. The lowest BCUT2D eigenvalue weighted by atomic mass is 10.2. The van der Waals surface area contributed by atoms with Crippen molar-refractivity contribution in [2.24, 2.45) is 0 Å². The number of likely N-dealkylation sites (N-methyl/N-ethyl adjacent to an activating group) is 1. The molecule has 0 fully saturated rings. The SMILES string of the molecule is CC.CNC(=O)C(C)NC(=O)OC(C)(C)C. The third kappa shape index (κ3) is 9.30. The summed E-state index contributed by atoms with van der Waals surface area (Å²) in [6.07, 6.45) is -0.589. The van der Waals surface area contributed by atoms with Gasteiger partial charge in [-0.25, -0.2) is 4.79 Å². The predicted octanol–water partition coefficient (Wildman–Crippen LogP) is 1.67. The van der Waals surface area contributed by atoms with Gasteiger partial charge < -0.3 is 15.4 Å². The molecule has 96 valence electrons. The van der Waals surface area contributed by atoms with Crippen LogP contribution >= 0.6 is 0 Å². The van der Waals surface area contributed by atoms with Crippen molar-refractivity contribution in [3.05, 3.63) is 0 Å². The molecule has 0 aromatic rings. The third-order valence-electron chi connectivity index (χ3n) is 1.37. The summed E-state index contributed by atoms with van der Waals surface area (Å²) in [5, 5.41) is 4.84. The van der Waals surface area contributed by atoms with Crippen LogP contribution in [0.1, 0.15) is 41.5 Å². The molecule has 0 bridgehead atoms. The van der Waals surface area contributed by atoms with Crippen molar-refractivity contribution in [1.29, 1.82) is 0 Å². The summed E-state index contributed by atoms with van der Waals surface area (Å²) in [5.74, 6) is -0.254. The molecule has 2 N–H and O–H groups in total. The van der Waals surface area contributed by atoms with E-state index in [-0.39, 0.29) is 5.91 Å². The molecule has 0 aliphatic heterocycles. The number of alkyl carbamates (subject to hydrolysis) is 1. The van der Waals surface area contributed by atoms with Gasteiger partial charge in [-0.05, 0) is 27.7 Å². The minimum Gasteiger partial charge on any atom is -0.444 e. The molecule has 5 nitrogen and oxygen atoms in total. The Morgan fingerprint density at radius 2 is 1.62 bits per heavy atom. The number of amides is 2. The maximum Gasteiger partial charge on any atom is 0.408 e. The number of hydrogen-bond donors (Lipinski definition) is 2. The maximum atomic E-state index is 11.2. The van der Waals surface area contributed by atoms with E-state index in [1.165, 1.54) is 7.05 Å². The fourth-order valence-electron chi connectivity index (χ4n) is 0.766. The van der Waals surface area contributed by atoms with E-state index in [9.17, 15) is 9.59 Å². The van der Waals surface area contributed by atoms with Crippen LogP contribution in [0, 0.1) is 0 Å². The minimum absolute atomic E-state index is 0.254. The van der Waals surface area contributed by atoms with Crippen molar-refractivity contribution in [3.8, 4) is 0 Å². The highest BCUT2D eigenvalue weighted by Crippen LogP contribution is 2.06. The van der Waals surface area contributed by atoms with E-state index >= 15 is 0 Å². The van der Waals surface area contributed by atoms with Crippen molar-refractivity contribution in [2.45, 2.75) is 53.2 Å². The third-order valence-corrected chi connectivity index (χ3v) is 1.37. The normalized spacial score (nSPS) is 11.7. The molecule has 5 heteroatoms. The highest BCUT2D eigenvalue weighted by molar-refractivity contribution is 5.84. The van der Waals surface area contributed by atoms with Crippen molar-refractivity contribution in [1.82, 2.24) is 10.6 Å². The summed E-state index contributed by atoms with van der Waals surface area (Å²) in [4.78, 5) is 22.2. The van der Waals surface area contributed by atoms with Crippen molar-refractivity contribution < 1.29 is 14.3 Å². The second-order valence-corrected chi connectivity index (χ2v) is 3.98. The summed E-state index contributed by atoms with van der Waals surface area (Å²) >= 11 is 0. The topological polar surface area (TPSA) is 67.4 Å². The molecule has 16 heavy (non-hydrogen) atoms. The Morgan fingerprint density at radius 3 is 1.94 bits per heavy atom. The molecular weight excluding hydrogens is 208 g/mol. The van der Waals surface area contributed by atoms with E-state index in [0.717, 1.165) is 0 Å². The van der Waals surface area contributed by atoms with Gasteiger partial charge in [-0.2, -0.15) is 0 Å². The van der Waals surface area contributed by atoms with E-state index in [2.05, 4.69) is 10.6 Å². The summed E-state index contributed by atoms with van der Waals surface area (Å²) < 4.78 is 4.97. The molecule has 0 radical (unpaired) electrons. The first kappa shape index (κ1) is 17.1. The zero-order valence-electron chi connectivity index (χ0n) is 11.3. The van der Waals surface area contributed by atoms with Gasteiger partial charge in [0.1, 0.15) is 11.6 Å². The van der Waals surface area contributed by atoms with Crippen LogP contribution in [0.15, 0.2) is 0 Å². The van der Waals surface area contributed by atoms with Gasteiger partial charge in [0.2, 0.25) is 5.91 Å². The van der Waals surface area contributed by atoms with Gasteiger partial charge in [-0.15, -0.1) is 0 Å². The number of carbonyl (C=O) groups excluding carboxylic acids is 2. The molecule has 0 spiro atoms. The predicted molar refractivity (Wildman–Crippen MR) is 64.2 cm³/mol. The lowest BCUT2D eigenvalue weighted by Gasteiger charge is -2.21. The van der Waals surface area contributed by atoms with Crippen LogP contribution in [-0.2, 0) is 9.53 Å². The Kier molecular flexibility index (Phi) is 8.53. The van der Waals surface area contributed by atoms with Gasteiger partial charge in [0, 0.05) is 7.05 Å². The van der Waals surface area contributed by atoms with Crippen molar-refractivity contribution in [3.63, 3.8) is 0 Å². The Balaban J connectivity index is 0. The molecule has 0 rings (SSSR count). The second kappa shape index (κ2) is 7.96. The van der Waals surface area contributed by atoms with Crippen LogP contribution in [0.2, 0.25) is 0 Å². The summed E-state index contributed by atoms with van der Waals surface area (Å²) in [7, 11) is 1.51. The highest BCUT2D eigenvalue weighted by atomic mass is 16.6. The number of rotatable bonds is 2. The standard InChI is InChI=1S/C9H18N2O3.C2H6/c1-6(7(12)10-5)11-8(13)14-9(2,3)4;1-2/h6H,1-5H3,(H,10,12)(H,11,13);1-2H3. The average Bonchev–Trinajstić information content (AvgIpc) is 2.16. The molecule has 0 aromatic carbocycles. The monoisotopic (exact) mass is 232 g/mol. The van der Waals surface area contributed by atoms with E-state index in [1.54, 1.807) is 27.7 Å². The van der Waals surface area contributed by atoms with Gasteiger partial charge >= 0.3 is 6.09 Å². The first-order chi connectivity index (χ1) is 7.26. The molecule has 0 saturated carbocycles. The molecule has 0 aromatic heterocycles. The van der Waals surface area contributed by atoms with Crippen molar-refractivity contribution in [2.75, 3.05) is 7.05 Å². The van der Waals surface area contributed by atoms with Crippen LogP contribution in [0.3, 0.4) is 0 Å². The van der Waals surface area contributed by atoms with Crippen LogP contribution < -0.4 is 10.6 Å². The Hall–Kier alpha value is -1.26. The molecule has 2 amide bonds. The molecule has 1 atom stereocenters. The Bertz CT molecular complexity index is 222. The van der Waals surface area contributed by atoms with Crippen molar-refractivity contribution >= 4 is 12.0 Å².